The number of hydrogen-bond donors (Lipinski definition) is 2. The number of nitrogens with two attached hydrogens (primary N) is 1. The fourth-order valence-corrected chi connectivity index (χ4v) is 1.87. The van der Waals surface area contributed by atoms with Crippen molar-refractivity contribution in [3.63, 3.8) is 0 Å². The molecule has 0 aliphatic rings. The molecule has 0 aromatic heterocycles. The molecular weight excluding hydrogens is 230 g/mol. The Labute approximate surface area is 99.0 Å². The molecule has 0 saturated carbocycles. The van der Waals surface area contributed by atoms with Crippen LogP contribution in [0.3, 0.4) is 0 Å². The van der Waals surface area contributed by atoms with E-state index in [1.165, 1.54) is 7.11 Å². The fraction of sp³-hybridized carbons (Fsp3) is 0.364. The Bertz CT molecular complexity index is 408. The van der Waals surface area contributed by atoms with Gasteiger partial charge in [0.2, 0.25) is 0 Å². The molecule has 0 spiro atoms. The number of amides is 1. The van der Waals surface area contributed by atoms with Gasteiger partial charge in [-0.1, -0.05) is 24.6 Å². The fourth-order valence-electron chi connectivity index (χ4n) is 1.55. The molecule has 16 heavy (non-hydrogen) atoms. The summed E-state index contributed by atoms with van der Waals surface area (Å²) in [5.41, 5.74) is 3.62. The molecule has 5 heteroatoms. The van der Waals surface area contributed by atoms with Crippen LogP contribution in [0, 0.1) is 0 Å². The number of halogens is 1. The molecule has 0 aliphatic carbocycles. The van der Waals surface area contributed by atoms with Crippen LogP contribution in [0.2, 0.25) is 5.02 Å². The maximum Gasteiger partial charge on any atom is 0.254 e. The van der Waals surface area contributed by atoms with E-state index in [1.54, 1.807) is 25.1 Å². The number of benzene rings is 1. The van der Waals surface area contributed by atoms with E-state index < -0.39 is 11.5 Å². The molecule has 0 heterocycles. The summed E-state index contributed by atoms with van der Waals surface area (Å²) >= 11 is 5.97. The summed E-state index contributed by atoms with van der Waals surface area (Å²) in [5.74, 6) is -0.503. The lowest BCUT2D eigenvalue weighted by Gasteiger charge is -2.26. The van der Waals surface area contributed by atoms with E-state index in [1.807, 2.05) is 0 Å². The van der Waals surface area contributed by atoms with Crippen LogP contribution in [-0.2, 0) is 10.4 Å². The summed E-state index contributed by atoms with van der Waals surface area (Å²) in [6.07, 6.45) is 0.127. The molecule has 0 saturated heterocycles. The van der Waals surface area contributed by atoms with Crippen LogP contribution >= 0.6 is 11.6 Å². The minimum absolute atomic E-state index is 0.127. The van der Waals surface area contributed by atoms with Crippen LogP contribution in [0.15, 0.2) is 18.2 Å². The third kappa shape index (κ3) is 1.99. The SMILES string of the molecule is CCC(O)(C(N)=O)c1c(Cl)cccc1OC. The summed E-state index contributed by atoms with van der Waals surface area (Å²) in [6, 6.07) is 4.86. The summed E-state index contributed by atoms with van der Waals surface area (Å²) in [7, 11) is 1.44. The molecule has 4 nitrogen and oxygen atoms in total. The Morgan fingerprint density at radius 3 is 2.69 bits per heavy atom. The van der Waals surface area contributed by atoms with Gasteiger partial charge in [-0.2, -0.15) is 0 Å². The number of ether oxygens (including phenoxy) is 1. The van der Waals surface area contributed by atoms with Crippen LogP contribution in [0.1, 0.15) is 18.9 Å². The quantitative estimate of drug-likeness (QED) is 0.840. The summed E-state index contributed by atoms with van der Waals surface area (Å²) < 4.78 is 5.07. The maximum absolute atomic E-state index is 11.3. The normalized spacial score (nSPS) is 14.2. The summed E-state index contributed by atoms with van der Waals surface area (Å²) in [5, 5.41) is 10.5. The first-order chi connectivity index (χ1) is 7.47. The Hall–Kier alpha value is -1.26. The Morgan fingerprint density at radius 1 is 1.62 bits per heavy atom. The molecular formula is C11H14ClNO3. The molecule has 88 valence electrons. The Kier molecular flexibility index (Phi) is 3.78. The molecule has 1 unspecified atom stereocenters. The van der Waals surface area contributed by atoms with Crippen molar-refractivity contribution in [1.82, 2.24) is 0 Å². The van der Waals surface area contributed by atoms with Gasteiger partial charge in [0.15, 0.2) is 5.60 Å². The molecule has 1 amide bonds. The molecule has 0 aliphatic heterocycles. The predicted octanol–water partition coefficient (Wildman–Crippen LogP) is 1.43. The van der Waals surface area contributed by atoms with Crippen molar-refractivity contribution in [2.75, 3.05) is 7.11 Å². The molecule has 1 aromatic rings. The highest BCUT2D eigenvalue weighted by Gasteiger charge is 2.38. The van der Waals surface area contributed by atoms with E-state index in [4.69, 9.17) is 22.1 Å². The lowest BCUT2D eigenvalue weighted by atomic mass is 9.89. The van der Waals surface area contributed by atoms with Gasteiger partial charge in [0.05, 0.1) is 17.7 Å². The van der Waals surface area contributed by atoms with E-state index in [9.17, 15) is 9.90 Å². The van der Waals surface area contributed by atoms with Crippen LogP contribution < -0.4 is 10.5 Å². The second-order valence-electron chi connectivity index (χ2n) is 3.40. The molecule has 1 aromatic carbocycles. The number of hydrogen-bond acceptors (Lipinski definition) is 3. The van der Waals surface area contributed by atoms with E-state index >= 15 is 0 Å². The Balaban J connectivity index is 3.45. The lowest BCUT2D eigenvalue weighted by molar-refractivity contribution is -0.137. The zero-order valence-electron chi connectivity index (χ0n) is 9.16. The first-order valence-corrected chi connectivity index (χ1v) is 5.20. The van der Waals surface area contributed by atoms with Crippen molar-refractivity contribution >= 4 is 17.5 Å². The van der Waals surface area contributed by atoms with Crippen molar-refractivity contribution in [2.24, 2.45) is 5.73 Å². The van der Waals surface area contributed by atoms with Gasteiger partial charge in [-0.3, -0.25) is 4.79 Å². The molecule has 1 rings (SSSR count). The first kappa shape index (κ1) is 12.8. The lowest BCUT2D eigenvalue weighted by Crippen LogP contribution is -2.41. The zero-order chi connectivity index (χ0) is 12.3. The maximum atomic E-state index is 11.3. The van der Waals surface area contributed by atoms with Gasteiger partial charge < -0.3 is 15.6 Å². The number of primary amides is 1. The Morgan fingerprint density at radius 2 is 2.25 bits per heavy atom. The smallest absolute Gasteiger partial charge is 0.254 e. The number of aliphatic hydroxyl groups is 1. The van der Waals surface area contributed by atoms with Gasteiger partial charge in [-0.25, -0.2) is 0 Å². The molecule has 0 fully saturated rings. The van der Waals surface area contributed by atoms with Crippen LogP contribution in [0.4, 0.5) is 0 Å². The van der Waals surface area contributed by atoms with E-state index in [2.05, 4.69) is 0 Å². The van der Waals surface area contributed by atoms with Gasteiger partial charge >= 0.3 is 0 Å². The third-order valence-corrected chi connectivity index (χ3v) is 2.84. The largest absolute Gasteiger partial charge is 0.496 e. The highest BCUT2D eigenvalue weighted by Crippen LogP contribution is 2.37. The van der Waals surface area contributed by atoms with E-state index in [0.717, 1.165) is 0 Å². The predicted molar refractivity (Wildman–Crippen MR) is 61.4 cm³/mol. The van der Waals surface area contributed by atoms with E-state index in [0.29, 0.717) is 5.75 Å². The number of methoxy groups -OCH3 is 1. The second kappa shape index (κ2) is 4.72. The minimum atomic E-state index is -1.80. The van der Waals surface area contributed by atoms with Crippen LogP contribution in [0.25, 0.3) is 0 Å². The standard InChI is InChI=1S/C11H14ClNO3/c1-3-11(15,10(13)14)9-7(12)5-4-6-8(9)16-2/h4-6,15H,3H2,1-2H3,(H2,13,14). The van der Waals surface area contributed by atoms with Crippen molar-refractivity contribution in [3.8, 4) is 5.75 Å². The highest BCUT2D eigenvalue weighted by atomic mass is 35.5. The van der Waals surface area contributed by atoms with Gasteiger partial charge in [0, 0.05) is 0 Å². The second-order valence-corrected chi connectivity index (χ2v) is 3.80. The summed E-state index contributed by atoms with van der Waals surface area (Å²) in [4.78, 5) is 11.3. The topological polar surface area (TPSA) is 72.5 Å². The zero-order valence-corrected chi connectivity index (χ0v) is 9.91. The van der Waals surface area contributed by atoms with Crippen molar-refractivity contribution in [3.05, 3.63) is 28.8 Å². The average molecular weight is 244 g/mol. The van der Waals surface area contributed by atoms with E-state index in [-0.39, 0.29) is 17.0 Å². The van der Waals surface area contributed by atoms with Gasteiger partial charge in [-0.15, -0.1) is 0 Å². The number of rotatable bonds is 4. The highest BCUT2D eigenvalue weighted by molar-refractivity contribution is 6.32. The molecule has 3 N–H and O–H groups in total. The minimum Gasteiger partial charge on any atom is -0.496 e. The van der Waals surface area contributed by atoms with Crippen molar-refractivity contribution < 1.29 is 14.6 Å². The molecule has 1 atom stereocenters. The molecule has 0 bridgehead atoms. The van der Waals surface area contributed by atoms with Gasteiger partial charge in [-0.05, 0) is 18.6 Å². The summed E-state index contributed by atoms with van der Waals surface area (Å²) in [6.45, 7) is 1.65. The van der Waals surface area contributed by atoms with Crippen molar-refractivity contribution in [1.29, 1.82) is 0 Å². The molecule has 0 radical (unpaired) electrons. The third-order valence-electron chi connectivity index (χ3n) is 2.53. The van der Waals surface area contributed by atoms with Gasteiger partial charge in [0.25, 0.3) is 5.91 Å². The van der Waals surface area contributed by atoms with Crippen LogP contribution in [0.5, 0.6) is 5.75 Å². The van der Waals surface area contributed by atoms with Gasteiger partial charge in [0.1, 0.15) is 5.75 Å². The monoisotopic (exact) mass is 243 g/mol. The average Bonchev–Trinajstić information content (AvgIpc) is 2.27. The first-order valence-electron chi connectivity index (χ1n) is 4.82. The number of carbonyl (C=O) groups is 1. The van der Waals surface area contributed by atoms with Crippen molar-refractivity contribution in [2.45, 2.75) is 18.9 Å². The van der Waals surface area contributed by atoms with Crippen LogP contribution in [-0.4, -0.2) is 18.1 Å². The number of carbonyl (C=O) groups excluding carboxylic acids is 1.